The number of hydrogen-bond donors (Lipinski definition) is 2. The molecule has 29 heavy (non-hydrogen) atoms. The van der Waals surface area contributed by atoms with E-state index in [4.69, 9.17) is 9.47 Å². The van der Waals surface area contributed by atoms with E-state index in [9.17, 15) is 14.7 Å². The summed E-state index contributed by atoms with van der Waals surface area (Å²) in [5.74, 6) is -1.12. The van der Waals surface area contributed by atoms with Gasteiger partial charge in [0.2, 0.25) is 0 Å². The summed E-state index contributed by atoms with van der Waals surface area (Å²) < 4.78 is 10.4. The summed E-state index contributed by atoms with van der Waals surface area (Å²) in [6.07, 6.45) is 1.51. The van der Waals surface area contributed by atoms with Crippen LogP contribution in [-0.4, -0.2) is 36.4 Å². The molecule has 1 fully saturated rings. The van der Waals surface area contributed by atoms with Gasteiger partial charge in [-0.2, -0.15) is 0 Å². The molecule has 1 aliphatic heterocycles. The van der Waals surface area contributed by atoms with Crippen molar-refractivity contribution in [2.75, 3.05) is 14.2 Å². The molecule has 150 valence electrons. The van der Waals surface area contributed by atoms with Crippen LogP contribution in [0.15, 0.2) is 40.2 Å². The molecule has 7 nitrogen and oxygen atoms in total. The first-order valence-corrected chi connectivity index (χ1v) is 9.51. The van der Waals surface area contributed by atoms with Gasteiger partial charge in [-0.15, -0.1) is 0 Å². The van der Waals surface area contributed by atoms with Crippen LogP contribution >= 0.6 is 11.8 Å². The van der Waals surface area contributed by atoms with E-state index >= 15 is 0 Å². The third-order valence-corrected chi connectivity index (χ3v) is 5.44. The Kier molecular flexibility index (Phi) is 5.93. The van der Waals surface area contributed by atoms with Crippen molar-refractivity contribution in [2.45, 2.75) is 13.8 Å². The summed E-state index contributed by atoms with van der Waals surface area (Å²) in [6, 6.07) is 8.95. The highest BCUT2D eigenvalue weighted by molar-refractivity contribution is 8.18. The van der Waals surface area contributed by atoms with Crippen LogP contribution in [0.5, 0.6) is 11.5 Å². The number of carboxylic acids is 1. The second kappa shape index (κ2) is 8.40. The van der Waals surface area contributed by atoms with Gasteiger partial charge >= 0.3 is 5.97 Å². The maximum atomic E-state index is 12.4. The molecule has 0 unspecified atom stereocenters. The number of nitrogens with one attached hydrogen (secondary N) is 1. The van der Waals surface area contributed by atoms with Gasteiger partial charge < -0.3 is 19.9 Å². The number of carboxylic acid groups (broad SMARTS) is 1. The molecule has 3 rings (SSSR count). The molecule has 0 bridgehead atoms. The van der Waals surface area contributed by atoms with Gasteiger partial charge in [-0.1, -0.05) is 18.2 Å². The van der Waals surface area contributed by atoms with E-state index in [0.717, 1.165) is 28.6 Å². The average molecular weight is 412 g/mol. The Morgan fingerprint density at radius 1 is 1.17 bits per heavy atom. The Hall–Kier alpha value is -3.26. The highest BCUT2D eigenvalue weighted by Crippen LogP contribution is 2.36. The molecule has 1 heterocycles. The molecular weight excluding hydrogens is 392 g/mol. The molecule has 1 aliphatic rings. The molecule has 0 aliphatic carbocycles. The highest BCUT2D eigenvalue weighted by Gasteiger charge is 2.26. The summed E-state index contributed by atoms with van der Waals surface area (Å²) in [4.78, 5) is 29.1. The minimum Gasteiger partial charge on any atom is -0.493 e. The number of amides is 1. The van der Waals surface area contributed by atoms with E-state index in [2.05, 4.69) is 10.3 Å². The van der Waals surface area contributed by atoms with Crippen LogP contribution in [0.4, 0.5) is 5.69 Å². The molecule has 0 saturated carbocycles. The maximum absolute atomic E-state index is 12.4. The number of rotatable bonds is 5. The minimum atomic E-state index is -1.18. The second-order valence-electron chi connectivity index (χ2n) is 6.27. The maximum Gasteiger partial charge on any atom is 0.340 e. The second-order valence-corrected chi connectivity index (χ2v) is 7.30. The summed E-state index contributed by atoms with van der Waals surface area (Å²) in [7, 11) is 2.80. The quantitative estimate of drug-likeness (QED) is 0.723. The van der Waals surface area contributed by atoms with Crippen molar-refractivity contribution in [3.8, 4) is 11.5 Å². The molecule has 0 radical (unpaired) electrons. The van der Waals surface area contributed by atoms with Crippen molar-refractivity contribution in [2.24, 2.45) is 4.99 Å². The lowest BCUT2D eigenvalue weighted by molar-refractivity contribution is -0.115. The predicted octanol–water partition coefficient (Wildman–Crippen LogP) is 3.91. The molecule has 0 atom stereocenters. The first-order valence-electron chi connectivity index (χ1n) is 8.69. The number of thioether (sulfide) groups is 1. The third kappa shape index (κ3) is 4.12. The number of carbonyl (C=O) groups is 2. The van der Waals surface area contributed by atoms with Gasteiger partial charge in [0.1, 0.15) is 5.56 Å². The van der Waals surface area contributed by atoms with Crippen LogP contribution in [0.3, 0.4) is 0 Å². The Labute approximate surface area is 172 Å². The van der Waals surface area contributed by atoms with Crippen LogP contribution < -0.4 is 14.8 Å². The van der Waals surface area contributed by atoms with Crippen LogP contribution in [-0.2, 0) is 4.79 Å². The molecule has 2 aromatic carbocycles. The fourth-order valence-electron chi connectivity index (χ4n) is 2.87. The Morgan fingerprint density at radius 3 is 2.59 bits per heavy atom. The lowest BCUT2D eigenvalue weighted by Gasteiger charge is -2.12. The lowest BCUT2D eigenvalue weighted by atomic mass is 10.0. The largest absolute Gasteiger partial charge is 0.493 e. The summed E-state index contributed by atoms with van der Waals surface area (Å²) in [5.41, 5.74) is 3.16. The van der Waals surface area contributed by atoms with E-state index in [1.54, 1.807) is 12.1 Å². The van der Waals surface area contributed by atoms with Gasteiger partial charge in [0.05, 0.1) is 24.8 Å². The fourth-order valence-corrected chi connectivity index (χ4v) is 3.70. The van der Waals surface area contributed by atoms with Crippen molar-refractivity contribution in [3.63, 3.8) is 0 Å². The number of methoxy groups -OCH3 is 2. The topological polar surface area (TPSA) is 97.2 Å². The van der Waals surface area contributed by atoms with Gasteiger partial charge in [-0.3, -0.25) is 4.79 Å². The number of nitrogens with zero attached hydrogens (tertiary/aromatic N) is 1. The molecule has 1 amide bonds. The summed E-state index contributed by atoms with van der Waals surface area (Å²) in [5, 5.41) is 12.8. The zero-order valence-electron chi connectivity index (χ0n) is 16.4. The Morgan fingerprint density at radius 2 is 1.93 bits per heavy atom. The van der Waals surface area contributed by atoms with Crippen LogP contribution in [0.1, 0.15) is 27.0 Å². The number of aliphatic imine (C=N–C) groups is 1. The number of aromatic carboxylic acids is 1. The van der Waals surface area contributed by atoms with Crippen molar-refractivity contribution in [3.05, 3.63) is 57.5 Å². The highest BCUT2D eigenvalue weighted by atomic mass is 32.2. The molecule has 0 spiro atoms. The number of aryl methyl sites for hydroxylation is 1. The number of ether oxygens (including phenoxy) is 2. The number of amidine groups is 1. The van der Waals surface area contributed by atoms with Crippen molar-refractivity contribution < 1.29 is 24.2 Å². The first kappa shape index (κ1) is 20.5. The molecule has 0 aromatic heterocycles. The van der Waals surface area contributed by atoms with Crippen molar-refractivity contribution in [1.82, 2.24) is 5.32 Å². The monoisotopic (exact) mass is 412 g/mol. The summed E-state index contributed by atoms with van der Waals surface area (Å²) >= 11 is 1.15. The molecule has 8 heteroatoms. The molecular formula is C21H20N2O5S. The Balaban J connectivity index is 2.00. The minimum absolute atomic E-state index is 0.0762. The zero-order chi connectivity index (χ0) is 21.1. The Bertz CT molecular complexity index is 1060. The normalized spacial score (nSPS) is 16.2. The van der Waals surface area contributed by atoms with Crippen molar-refractivity contribution >= 4 is 40.6 Å². The van der Waals surface area contributed by atoms with Crippen LogP contribution in [0.2, 0.25) is 0 Å². The van der Waals surface area contributed by atoms with Gasteiger partial charge in [0.15, 0.2) is 16.7 Å². The number of hydrogen-bond acceptors (Lipinski definition) is 6. The average Bonchev–Trinajstić information content (AvgIpc) is 3.03. The van der Waals surface area contributed by atoms with Gasteiger partial charge in [0, 0.05) is 0 Å². The van der Waals surface area contributed by atoms with E-state index < -0.39 is 5.97 Å². The SMILES string of the molecule is COc1ccc(/C=C2/SC(=Nc3cccc(C)c3C)NC2=O)c(C(=O)O)c1OC. The zero-order valence-corrected chi connectivity index (χ0v) is 17.2. The lowest BCUT2D eigenvalue weighted by Crippen LogP contribution is -2.19. The molecule has 2 N–H and O–H groups in total. The number of carbonyl (C=O) groups excluding carboxylic acids is 1. The van der Waals surface area contributed by atoms with Gasteiger partial charge in [-0.25, -0.2) is 9.79 Å². The third-order valence-electron chi connectivity index (χ3n) is 4.53. The molecule has 2 aromatic rings. The number of benzene rings is 2. The fraction of sp³-hybridized carbons (Fsp3) is 0.190. The standard InChI is InChI=1S/C21H20N2O5S/c1-11-6-5-7-14(12(11)2)22-21-23-19(24)16(29-21)10-13-8-9-15(27-3)18(28-4)17(13)20(25)26/h5-10H,1-4H3,(H,25,26)(H,22,23,24)/b16-10+. The van der Waals surface area contributed by atoms with E-state index in [1.807, 2.05) is 32.0 Å². The predicted molar refractivity (Wildman–Crippen MR) is 113 cm³/mol. The van der Waals surface area contributed by atoms with E-state index in [1.165, 1.54) is 20.3 Å². The van der Waals surface area contributed by atoms with Crippen LogP contribution in [0.25, 0.3) is 6.08 Å². The van der Waals surface area contributed by atoms with E-state index in [-0.39, 0.29) is 17.2 Å². The summed E-state index contributed by atoms with van der Waals surface area (Å²) in [6.45, 7) is 3.96. The van der Waals surface area contributed by atoms with Crippen LogP contribution in [0, 0.1) is 13.8 Å². The van der Waals surface area contributed by atoms with Crippen molar-refractivity contribution in [1.29, 1.82) is 0 Å². The van der Waals surface area contributed by atoms with E-state index in [0.29, 0.717) is 21.4 Å². The molecule has 1 saturated heterocycles. The van der Waals surface area contributed by atoms with Gasteiger partial charge in [0.25, 0.3) is 5.91 Å². The smallest absolute Gasteiger partial charge is 0.340 e. The van der Waals surface area contributed by atoms with Gasteiger partial charge in [-0.05, 0) is 60.5 Å². The first-order chi connectivity index (χ1) is 13.8.